The molecule has 3 saturated heterocycles. The molecule has 9 nitrogen and oxygen atoms in total. The highest BCUT2D eigenvalue weighted by Gasteiger charge is 2.38. The van der Waals surface area contributed by atoms with Crippen molar-refractivity contribution in [3.05, 3.63) is 35.8 Å². The summed E-state index contributed by atoms with van der Waals surface area (Å²) in [7, 11) is 1.86. The topological polar surface area (TPSA) is 94.6 Å². The van der Waals surface area contributed by atoms with Gasteiger partial charge in [0.1, 0.15) is 29.7 Å². The second-order valence-electron chi connectivity index (χ2n) is 9.08. The van der Waals surface area contributed by atoms with E-state index in [-0.39, 0.29) is 18.0 Å². The molecule has 3 aliphatic rings. The molecule has 0 unspecified atom stereocenters. The second kappa shape index (κ2) is 8.11. The first-order valence-electron chi connectivity index (χ1n) is 11.6. The number of aromatic nitrogens is 4. The van der Waals surface area contributed by atoms with Crippen molar-refractivity contribution in [2.24, 2.45) is 7.05 Å². The van der Waals surface area contributed by atoms with Gasteiger partial charge in [-0.25, -0.2) is 9.37 Å². The number of nitrogen functional groups attached to an aromatic ring is 1. The Kier molecular flexibility index (Phi) is 5.06. The minimum Gasteiger partial charge on any atom is -0.384 e. The lowest BCUT2D eigenvalue weighted by Crippen LogP contribution is -2.36. The second-order valence-corrected chi connectivity index (χ2v) is 9.08. The maximum absolute atomic E-state index is 15.0. The molecule has 0 bridgehead atoms. The van der Waals surface area contributed by atoms with Crippen LogP contribution in [0, 0.1) is 5.82 Å². The van der Waals surface area contributed by atoms with Gasteiger partial charge in [0, 0.05) is 45.2 Å². The zero-order valence-electron chi connectivity index (χ0n) is 18.7. The molecule has 33 heavy (non-hydrogen) atoms. The molecule has 0 radical (unpaired) electrons. The van der Waals surface area contributed by atoms with Gasteiger partial charge in [0.15, 0.2) is 0 Å². The molecule has 10 heteroatoms. The molecule has 0 amide bonds. The molecule has 2 N–H and O–H groups in total. The van der Waals surface area contributed by atoms with E-state index in [1.807, 2.05) is 19.2 Å². The average molecular weight is 454 g/mol. The number of halogens is 1. The minimum atomic E-state index is -0.296. The van der Waals surface area contributed by atoms with E-state index in [0.29, 0.717) is 60.7 Å². The Bertz CT molecular complexity index is 1140. The fourth-order valence-corrected chi connectivity index (χ4v) is 5.20. The number of benzene rings is 1. The predicted octanol–water partition coefficient (Wildman–Crippen LogP) is 2.07. The van der Waals surface area contributed by atoms with Crippen molar-refractivity contribution in [2.45, 2.75) is 31.0 Å². The number of nitrogens with two attached hydrogens (primary N) is 1. The van der Waals surface area contributed by atoms with Gasteiger partial charge in [-0.2, -0.15) is 10.1 Å². The zero-order valence-corrected chi connectivity index (χ0v) is 18.7. The summed E-state index contributed by atoms with van der Waals surface area (Å²) in [5, 5.41) is 5.03. The van der Waals surface area contributed by atoms with E-state index >= 15 is 0 Å². The van der Waals surface area contributed by atoms with Crippen LogP contribution in [0.15, 0.2) is 24.3 Å². The Morgan fingerprint density at radius 1 is 1.03 bits per heavy atom. The largest absolute Gasteiger partial charge is 0.384 e. The van der Waals surface area contributed by atoms with E-state index in [2.05, 4.69) is 14.9 Å². The van der Waals surface area contributed by atoms with E-state index in [1.54, 1.807) is 10.7 Å². The number of nitrogens with zero attached hydrogens (tertiary/aromatic N) is 6. The summed E-state index contributed by atoms with van der Waals surface area (Å²) in [4.78, 5) is 13.9. The fraction of sp³-hybridized carbons (Fsp3) is 0.522. The van der Waals surface area contributed by atoms with Crippen LogP contribution in [0.1, 0.15) is 24.5 Å². The highest BCUT2D eigenvalue weighted by molar-refractivity contribution is 5.91. The number of piperidine rings is 1. The predicted molar refractivity (Wildman–Crippen MR) is 123 cm³/mol. The summed E-state index contributed by atoms with van der Waals surface area (Å²) in [6.07, 6.45) is 1.86. The third-order valence-corrected chi connectivity index (χ3v) is 7.03. The molecule has 3 aliphatic heterocycles. The van der Waals surface area contributed by atoms with Crippen LogP contribution in [0.4, 0.5) is 22.0 Å². The number of hydrogen-bond donors (Lipinski definition) is 1. The van der Waals surface area contributed by atoms with Crippen molar-refractivity contribution >= 4 is 28.5 Å². The lowest BCUT2D eigenvalue weighted by atomic mass is 9.93. The molecule has 0 saturated carbocycles. The van der Waals surface area contributed by atoms with E-state index < -0.39 is 0 Å². The first-order valence-corrected chi connectivity index (χ1v) is 11.6. The molecule has 1 aromatic carbocycles. The quantitative estimate of drug-likeness (QED) is 0.644. The van der Waals surface area contributed by atoms with Crippen molar-refractivity contribution in [2.75, 3.05) is 54.9 Å². The number of ether oxygens (including phenoxy) is 2. The number of hydrogen-bond acceptors (Lipinski definition) is 8. The van der Waals surface area contributed by atoms with E-state index in [0.717, 1.165) is 31.6 Å². The van der Waals surface area contributed by atoms with Gasteiger partial charge in [0.25, 0.3) is 0 Å². The van der Waals surface area contributed by atoms with Gasteiger partial charge in [0.2, 0.25) is 5.95 Å². The van der Waals surface area contributed by atoms with Crippen molar-refractivity contribution in [1.82, 2.24) is 19.7 Å². The summed E-state index contributed by atoms with van der Waals surface area (Å²) >= 11 is 0. The molecule has 0 aliphatic carbocycles. The van der Waals surface area contributed by atoms with Crippen LogP contribution < -0.4 is 15.5 Å². The van der Waals surface area contributed by atoms with Crippen LogP contribution in [-0.4, -0.2) is 71.3 Å². The van der Waals surface area contributed by atoms with Crippen molar-refractivity contribution in [1.29, 1.82) is 0 Å². The van der Waals surface area contributed by atoms with Gasteiger partial charge in [-0.1, -0.05) is 6.07 Å². The highest BCUT2D eigenvalue weighted by Crippen LogP contribution is 2.35. The smallest absolute Gasteiger partial charge is 0.228 e. The summed E-state index contributed by atoms with van der Waals surface area (Å²) in [6.45, 7) is 4.10. The number of fused-ring (bicyclic) bond motifs is 2. The standard InChI is InChI=1S/C23H28FN7O2/c1-29-20(25)11-17(28-29)14-5-7-30(8-6-14)22-21-15(24)3-2-4-16(21)26-23(27-22)31-12-18-19(13-31)33-10-9-32-18/h2-4,11,14,18-19H,5-10,12-13,25H2,1H3/t18-,19+. The zero-order chi connectivity index (χ0) is 22.5. The lowest BCUT2D eigenvalue weighted by Gasteiger charge is -2.33. The van der Waals surface area contributed by atoms with E-state index in [4.69, 9.17) is 25.2 Å². The van der Waals surface area contributed by atoms with Gasteiger partial charge in [-0.15, -0.1) is 0 Å². The van der Waals surface area contributed by atoms with Gasteiger partial charge in [-0.05, 0) is 25.0 Å². The van der Waals surface area contributed by atoms with Crippen molar-refractivity contribution in [3.63, 3.8) is 0 Å². The molecule has 2 atom stereocenters. The summed E-state index contributed by atoms with van der Waals surface area (Å²) in [6, 6.07) is 6.98. The SMILES string of the molecule is Cn1nc(C2CCN(c3nc(N4C[C@@H]5OCCO[C@@H]5C4)nc4cccc(F)c34)CC2)cc1N. The minimum absolute atomic E-state index is 0.0237. The lowest BCUT2D eigenvalue weighted by molar-refractivity contribution is -0.116. The number of aryl methyl sites for hydroxylation is 1. The van der Waals surface area contributed by atoms with Crippen LogP contribution >= 0.6 is 0 Å². The van der Waals surface area contributed by atoms with Crippen LogP contribution in [0.2, 0.25) is 0 Å². The maximum atomic E-state index is 15.0. The van der Waals surface area contributed by atoms with Gasteiger partial charge >= 0.3 is 0 Å². The first-order chi connectivity index (χ1) is 16.1. The monoisotopic (exact) mass is 453 g/mol. The first kappa shape index (κ1) is 20.6. The molecular weight excluding hydrogens is 425 g/mol. The van der Waals surface area contributed by atoms with Crippen LogP contribution in [-0.2, 0) is 16.5 Å². The Hall–Kier alpha value is -2.98. The van der Waals surface area contributed by atoms with Gasteiger partial charge in [-0.3, -0.25) is 4.68 Å². The van der Waals surface area contributed by atoms with Crippen LogP contribution in [0.25, 0.3) is 10.9 Å². The maximum Gasteiger partial charge on any atom is 0.228 e. The van der Waals surface area contributed by atoms with Gasteiger partial charge in [0.05, 0.1) is 29.8 Å². The van der Waals surface area contributed by atoms with Crippen LogP contribution in [0.3, 0.4) is 0 Å². The molecular formula is C23H28FN7O2. The van der Waals surface area contributed by atoms with Crippen LogP contribution in [0.5, 0.6) is 0 Å². The third-order valence-electron chi connectivity index (χ3n) is 7.03. The molecule has 3 aromatic rings. The number of rotatable bonds is 3. The Morgan fingerprint density at radius 3 is 2.42 bits per heavy atom. The molecule has 174 valence electrons. The Morgan fingerprint density at radius 2 is 1.76 bits per heavy atom. The van der Waals surface area contributed by atoms with Crippen molar-refractivity contribution < 1.29 is 13.9 Å². The molecule has 2 aromatic heterocycles. The van der Waals surface area contributed by atoms with E-state index in [1.165, 1.54) is 6.07 Å². The fourth-order valence-electron chi connectivity index (χ4n) is 5.20. The Labute approximate surface area is 191 Å². The molecule has 5 heterocycles. The normalized spacial score (nSPS) is 23.9. The summed E-state index contributed by atoms with van der Waals surface area (Å²) < 4.78 is 28.4. The molecule has 0 spiro atoms. The van der Waals surface area contributed by atoms with E-state index in [9.17, 15) is 4.39 Å². The van der Waals surface area contributed by atoms with Crippen molar-refractivity contribution in [3.8, 4) is 0 Å². The summed E-state index contributed by atoms with van der Waals surface area (Å²) in [5.41, 5.74) is 7.61. The third kappa shape index (κ3) is 3.67. The highest BCUT2D eigenvalue weighted by atomic mass is 19.1. The summed E-state index contributed by atoms with van der Waals surface area (Å²) in [5.74, 6) is 1.96. The molecule has 3 fully saturated rings. The van der Waals surface area contributed by atoms with Gasteiger partial charge < -0.3 is 25.0 Å². The molecule has 6 rings (SSSR count). The average Bonchev–Trinajstić information content (AvgIpc) is 3.42. The number of anilines is 3. The Balaban J connectivity index is 1.30.